The molecule has 0 heterocycles. The van der Waals surface area contributed by atoms with E-state index in [0.29, 0.717) is 6.41 Å². The first-order valence-corrected chi connectivity index (χ1v) is 6.19. The van der Waals surface area contributed by atoms with Gasteiger partial charge in [-0.3, -0.25) is 14.4 Å². The fraction of sp³-hybridized carbons (Fsp3) is 0.750. The van der Waals surface area contributed by atoms with Crippen molar-refractivity contribution in [2.75, 3.05) is 6.54 Å². The molecule has 2 amide bonds. The zero-order valence-corrected chi connectivity index (χ0v) is 11.2. The molecule has 2 N–H and O–H groups in total. The van der Waals surface area contributed by atoms with Crippen LogP contribution < -0.4 is 10.6 Å². The molecule has 18 heavy (non-hydrogen) atoms. The van der Waals surface area contributed by atoms with Gasteiger partial charge in [0.1, 0.15) is 0 Å². The molecule has 104 valence electrons. The Morgan fingerprint density at radius 1 is 1.39 bits per heavy atom. The van der Waals surface area contributed by atoms with E-state index in [4.69, 9.17) is 4.74 Å². The van der Waals surface area contributed by atoms with Crippen molar-refractivity contribution in [3.05, 3.63) is 0 Å². The van der Waals surface area contributed by atoms with E-state index < -0.39 is 12.1 Å². The molecular weight excluding hydrogens is 236 g/mol. The lowest BCUT2D eigenvalue weighted by Crippen LogP contribution is -2.44. The molecule has 0 aromatic carbocycles. The molecule has 1 saturated carbocycles. The summed E-state index contributed by atoms with van der Waals surface area (Å²) >= 11 is 0. The van der Waals surface area contributed by atoms with Crippen LogP contribution in [0, 0.1) is 0 Å². The zero-order chi connectivity index (χ0) is 14.0. The molecule has 1 aliphatic rings. The molecule has 1 aliphatic carbocycles. The number of nitrogens with one attached hydrogen (secondary N) is 2. The van der Waals surface area contributed by atoms with Gasteiger partial charge >= 0.3 is 5.97 Å². The molecule has 0 aromatic rings. The highest BCUT2D eigenvalue weighted by molar-refractivity contribution is 5.84. The van der Waals surface area contributed by atoms with Gasteiger partial charge in [-0.05, 0) is 12.8 Å². The number of rotatable bonds is 6. The van der Waals surface area contributed by atoms with E-state index in [0.717, 1.165) is 12.8 Å². The van der Waals surface area contributed by atoms with Crippen molar-refractivity contribution in [3.8, 4) is 0 Å². The molecule has 6 nitrogen and oxygen atoms in total. The van der Waals surface area contributed by atoms with Gasteiger partial charge < -0.3 is 15.4 Å². The molecular formula is C12H22N2O4. The largest absolute Gasteiger partial charge is 0.451 e. The standard InChI is InChI=1S/C9H14N2O4.C3H8/c1-6(13)15-8(4-10-5-12)9(14)11-7-2-3-7;1-3-2/h5,7-8H,2-4H2,1H3,(H,10,12)(H,11,14);3H2,1-2H3. The minimum Gasteiger partial charge on any atom is -0.451 e. The average molecular weight is 258 g/mol. The Kier molecular flexibility index (Phi) is 8.61. The Labute approximate surface area is 107 Å². The molecule has 1 atom stereocenters. The topological polar surface area (TPSA) is 84.5 Å². The van der Waals surface area contributed by atoms with Crippen LogP contribution in [0.4, 0.5) is 0 Å². The molecule has 1 rings (SSSR count). The molecule has 0 spiro atoms. The third-order valence-corrected chi connectivity index (χ3v) is 1.91. The maximum absolute atomic E-state index is 11.5. The maximum atomic E-state index is 11.5. The third kappa shape index (κ3) is 8.55. The number of esters is 1. The predicted molar refractivity (Wildman–Crippen MR) is 66.8 cm³/mol. The Bertz CT molecular complexity index is 277. The minimum atomic E-state index is -0.937. The van der Waals surface area contributed by atoms with Crippen molar-refractivity contribution in [2.45, 2.75) is 52.2 Å². The van der Waals surface area contributed by atoms with Crippen LogP contribution in [-0.4, -0.2) is 37.0 Å². The van der Waals surface area contributed by atoms with Crippen molar-refractivity contribution >= 4 is 18.3 Å². The molecule has 0 aliphatic heterocycles. The second kappa shape index (κ2) is 9.44. The van der Waals surface area contributed by atoms with E-state index in [1.807, 2.05) is 0 Å². The molecule has 1 fully saturated rings. The summed E-state index contributed by atoms with van der Waals surface area (Å²) in [5, 5.41) is 5.01. The quantitative estimate of drug-likeness (QED) is 0.532. The number of carbonyl (C=O) groups excluding carboxylic acids is 3. The van der Waals surface area contributed by atoms with Crippen molar-refractivity contribution in [1.82, 2.24) is 10.6 Å². The van der Waals surface area contributed by atoms with Crippen LogP contribution in [0.5, 0.6) is 0 Å². The summed E-state index contributed by atoms with van der Waals surface area (Å²) < 4.78 is 4.77. The van der Waals surface area contributed by atoms with Crippen LogP contribution in [-0.2, 0) is 19.1 Å². The van der Waals surface area contributed by atoms with E-state index in [9.17, 15) is 14.4 Å². The lowest BCUT2D eigenvalue weighted by Gasteiger charge is -2.15. The summed E-state index contributed by atoms with van der Waals surface area (Å²) in [4.78, 5) is 32.3. The molecule has 0 aromatic heterocycles. The second-order valence-corrected chi connectivity index (χ2v) is 4.11. The van der Waals surface area contributed by atoms with Crippen LogP contribution >= 0.6 is 0 Å². The van der Waals surface area contributed by atoms with Crippen LogP contribution in [0.3, 0.4) is 0 Å². The van der Waals surface area contributed by atoms with Gasteiger partial charge in [-0.25, -0.2) is 0 Å². The van der Waals surface area contributed by atoms with Gasteiger partial charge in [0.05, 0.1) is 6.54 Å². The summed E-state index contributed by atoms with van der Waals surface area (Å²) in [6.07, 6.45) is 2.69. The van der Waals surface area contributed by atoms with E-state index >= 15 is 0 Å². The fourth-order valence-corrected chi connectivity index (χ4v) is 1.07. The maximum Gasteiger partial charge on any atom is 0.303 e. The van der Waals surface area contributed by atoms with E-state index in [2.05, 4.69) is 24.5 Å². The number of hydrogen-bond acceptors (Lipinski definition) is 4. The monoisotopic (exact) mass is 258 g/mol. The SMILES string of the molecule is CC(=O)OC(CNC=O)C(=O)NC1CC1.CCC. The smallest absolute Gasteiger partial charge is 0.303 e. The third-order valence-electron chi connectivity index (χ3n) is 1.91. The lowest BCUT2D eigenvalue weighted by atomic mass is 10.3. The Morgan fingerprint density at radius 2 is 1.94 bits per heavy atom. The first-order chi connectivity index (χ1) is 8.54. The number of ether oxygens (including phenoxy) is 1. The van der Waals surface area contributed by atoms with Crippen LogP contribution in [0.1, 0.15) is 40.0 Å². The summed E-state index contributed by atoms with van der Waals surface area (Å²) in [7, 11) is 0. The van der Waals surface area contributed by atoms with Crippen LogP contribution in [0.25, 0.3) is 0 Å². The summed E-state index contributed by atoms with van der Waals surface area (Å²) in [5.41, 5.74) is 0. The van der Waals surface area contributed by atoms with Crippen LogP contribution in [0.15, 0.2) is 0 Å². The number of hydrogen-bond donors (Lipinski definition) is 2. The molecule has 0 radical (unpaired) electrons. The summed E-state index contributed by atoms with van der Waals surface area (Å²) in [6, 6.07) is 0.201. The second-order valence-electron chi connectivity index (χ2n) is 4.11. The van der Waals surface area contributed by atoms with Gasteiger partial charge in [-0.15, -0.1) is 0 Å². The Balaban J connectivity index is 0.000000873. The first-order valence-electron chi connectivity index (χ1n) is 6.19. The zero-order valence-electron chi connectivity index (χ0n) is 11.2. The van der Waals surface area contributed by atoms with Gasteiger partial charge in [0.15, 0.2) is 6.10 Å². The molecule has 1 unspecified atom stereocenters. The molecule has 0 bridgehead atoms. The highest BCUT2D eigenvalue weighted by Crippen LogP contribution is 2.18. The minimum absolute atomic E-state index is 0.00162. The van der Waals surface area contributed by atoms with Gasteiger partial charge in [0.2, 0.25) is 6.41 Å². The summed E-state index contributed by atoms with van der Waals surface area (Å²) in [5.74, 6) is -0.902. The van der Waals surface area contributed by atoms with Gasteiger partial charge in [0, 0.05) is 13.0 Å². The van der Waals surface area contributed by atoms with Crippen molar-refractivity contribution in [2.24, 2.45) is 0 Å². The van der Waals surface area contributed by atoms with Crippen molar-refractivity contribution in [1.29, 1.82) is 0 Å². The van der Waals surface area contributed by atoms with Crippen LogP contribution in [0.2, 0.25) is 0 Å². The molecule has 0 saturated heterocycles. The lowest BCUT2D eigenvalue weighted by molar-refractivity contribution is -0.153. The van der Waals surface area contributed by atoms with Gasteiger partial charge in [0.25, 0.3) is 5.91 Å². The number of carbonyl (C=O) groups is 3. The normalized spacial score (nSPS) is 14.6. The average Bonchev–Trinajstić information content (AvgIpc) is 3.08. The van der Waals surface area contributed by atoms with E-state index in [1.54, 1.807) is 0 Å². The Hall–Kier alpha value is -1.59. The van der Waals surface area contributed by atoms with Gasteiger partial charge in [-0.2, -0.15) is 0 Å². The van der Waals surface area contributed by atoms with Crippen molar-refractivity contribution < 1.29 is 19.1 Å². The summed E-state index contributed by atoms with van der Waals surface area (Å²) in [6.45, 7) is 5.47. The number of amides is 2. The highest BCUT2D eigenvalue weighted by atomic mass is 16.5. The Morgan fingerprint density at radius 3 is 2.33 bits per heavy atom. The van der Waals surface area contributed by atoms with Crippen molar-refractivity contribution in [3.63, 3.8) is 0 Å². The highest BCUT2D eigenvalue weighted by Gasteiger charge is 2.28. The predicted octanol–water partition coefficient (Wildman–Crippen LogP) is 0.359. The first kappa shape index (κ1) is 16.4. The van der Waals surface area contributed by atoms with E-state index in [1.165, 1.54) is 13.3 Å². The molecule has 6 heteroatoms. The van der Waals surface area contributed by atoms with Gasteiger partial charge in [-0.1, -0.05) is 20.3 Å². The van der Waals surface area contributed by atoms with E-state index in [-0.39, 0.29) is 18.5 Å². The fourth-order valence-electron chi connectivity index (χ4n) is 1.07.